The number of carbonyl (C=O) groups excluding carboxylic acids is 1. The molecule has 9 heteroatoms. The number of carbonyl (C=O) groups is 1. The number of rotatable bonds is 3. The van der Waals surface area contributed by atoms with E-state index in [1.54, 1.807) is 23.6 Å². The van der Waals surface area contributed by atoms with Crippen LogP contribution in [0.4, 0.5) is 0 Å². The van der Waals surface area contributed by atoms with Crippen LogP contribution in [0.1, 0.15) is 34.3 Å². The maximum atomic E-state index is 12.9. The molecule has 6 nitrogen and oxygen atoms in total. The van der Waals surface area contributed by atoms with Gasteiger partial charge in [0.25, 0.3) is 5.91 Å². The van der Waals surface area contributed by atoms with Crippen LogP contribution >= 0.6 is 34.5 Å². The van der Waals surface area contributed by atoms with Crippen LogP contribution in [0.5, 0.6) is 0 Å². The SMILES string of the molecule is O=C(c1cn(-c2ccccc2Cl)nn1)N1CCC(c2nc3cc(Cl)ccc3s2)CC1. The summed E-state index contributed by atoms with van der Waals surface area (Å²) in [5.41, 5.74) is 1.96. The summed E-state index contributed by atoms with van der Waals surface area (Å²) in [5.74, 6) is 0.242. The molecule has 1 fully saturated rings. The van der Waals surface area contributed by atoms with Gasteiger partial charge < -0.3 is 4.90 Å². The quantitative estimate of drug-likeness (QED) is 0.423. The number of halogens is 2. The zero-order valence-electron chi connectivity index (χ0n) is 15.8. The molecule has 2 aromatic heterocycles. The van der Waals surface area contributed by atoms with E-state index in [-0.39, 0.29) is 5.91 Å². The van der Waals surface area contributed by atoms with Gasteiger partial charge in [-0.3, -0.25) is 4.79 Å². The van der Waals surface area contributed by atoms with Gasteiger partial charge in [-0.2, -0.15) is 0 Å². The van der Waals surface area contributed by atoms with Gasteiger partial charge in [0.2, 0.25) is 0 Å². The van der Waals surface area contributed by atoms with E-state index in [4.69, 9.17) is 28.2 Å². The lowest BCUT2D eigenvalue weighted by atomic mass is 9.97. The fraction of sp³-hybridized carbons (Fsp3) is 0.238. The second kappa shape index (κ2) is 7.98. The number of para-hydroxylation sites is 1. The predicted octanol–water partition coefficient (Wildman–Crippen LogP) is 5.20. The summed E-state index contributed by atoms with van der Waals surface area (Å²) in [5, 5.41) is 10.5. The lowest BCUT2D eigenvalue weighted by Gasteiger charge is -2.30. The van der Waals surface area contributed by atoms with Crippen LogP contribution in [-0.4, -0.2) is 43.9 Å². The Kier molecular flexibility index (Phi) is 5.18. The van der Waals surface area contributed by atoms with Crippen molar-refractivity contribution in [3.8, 4) is 5.69 Å². The fourth-order valence-corrected chi connectivity index (χ4v) is 5.21. The molecule has 1 saturated heterocycles. The van der Waals surface area contributed by atoms with Crippen molar-refractivity contribution in [2.24, 2.45) is 0 Å². The Morgan fingerprint density at radius 3 is 2.70 bits per heavy atom. The van der Waals surface area contributed by atoms with E-state index in [1.807, 2.05) is 41.3 Å². The van der Waals surface area contributed by atoms with E-state index < -0.39 is 0 Å². The topological polar surface area (TPSA) is 63.9 Å². The third kappa shape index (κ3) is 3.69. The number of piperidine rings is 1. The van der Waals surface area contributed by atoms with Crippen molar-refractivity contribution >= 4 is 50.7 Å². The summed E-state index contributed by atoms with van der Waals surface area (Å²) in [6.07, 6.45) is 3.38. The molecule has 0 saturated carbocycles. The molecule has 0 atom stereocenters. The number of aromatic nitrogens is 4. The third-order valence-corrected chi connectivity index (χ3v) is 7.06. The highest BCUT2D eigenvalue weighted by Crippen LogP contribution is 2.35. The normalized spacial score (nSPS) is 15.1. The van der Waals surface area contributed by atoms with Gasteiger partial charge >= 0.3 is 0 Å². The molecule has 3 heterocycles. The van der Waals surface area contributed by atoms with Gasteiger partial charge in [0.05, 0.1) is 32.1 Å². The zero-order chi connectivity index (χ0) is 20.7. The highest BCUT2D eigenvalue weighted by molar-refractivity contribution is 7.18. The minimum absolute atomic E-state index is 0.108. The van der Waals surface area contributed by atoms with E-state index in [9.17, 15) is 4.79 Å². The van der Waals surface area contributed by atoms with E-state index in [0.29, 0.717) is 40.4 Å². The Balaban J connectivity index is 1.27. The first kappa shape index (κ1) is 19.5. The van der Waals surface area contributed by atoms with Crippen molar-refractivity contribution in [2.75, 3.05) is 13.1 Å². The molecule has 4 aromatic rings. The van der Waals surface area contributed by atoms with Crippen LogP contribution in [0.25, 0.3) is 15.9 Å². The second-order valence-corrected chi connectivity index (χ2v) is 9.14. The maximum Gasteiger partial charge on any atom is 0.276 e. The first-order valence-electron chi connectivity index (χ1n) is 9.61. The van der Waals surface area contributed by atoms with Crippen LogP contribution < -0.4 is 0 Å². The molecule has 1 aliphatic heterocycles. The minimum Gasteiger partial charge on any atom is -0.337 e. The highest BCUT2D eigenvalue weighted by Gasteiger charge is 2.28. The molecule has 5 rings (SSSR count). The van der Waals surface area contributed by atoms with Crippen molar-refractivity contribution in [3.05, 3.63) is 69.4 Å². The van der Waals surface area contributed by atoms with Crippen LogP contribution in [0.15, 0.2) is 48.7 Å². The molecule has 30 heavy (non-hydrogen) atoms. The van der Waals surface area contributed by atoms with Gasteiger partial charge in [0.15, 0.2) is 5.69 Å². The monoisotopic (exact) mass is 457 g/mol. The molecule has 152 valence electrons. The van der Waals surface area contributed by atoms with Crippen molar-refractivity contribution in [3.63, 3.8) is 0 Å². The summed E-state index contributed by atoms with van der Waals surface area (Å²) in [6.45, 7) is 1.33. The van der Waals surface area contributed by atoms with Crippen LogP contribution in [-0.2, 0) is 0 Å². The van der Waals surface area contributed by atoms with Crippen molar-refractivity contribution in [1.82, 2.24) is 24.9 Å². The average molecular weight is 458 g/mol. The number of nitrogens with zero attached hydrogens (tertiary/aromatic N) is 5. The standard InChI is InChI=1S/C21H17Cl2N5OS/c22-14-5-6-19-16(11-14)24-20(30-19)13-7-9-27(10-8-13)21(29)17-12-28(26-25-17)18-4-2-1-3-15(18)23/h1-6,11-13H,7-10H2. The molecule has 1 amide bonds. The summed E-state index contributed by atoms with van der Waals surface area (Å²) in [6, 6.07) is 13.1. The number of thiazole rings is 1. The largest absolute Gasteiger partial charge is 0.337 e. The lowest BCUT2D eigenvalue weighted by molar-refractivity contribution is 0.0707. The van der Waals surface area contributed by atoms with Crippen molar-refractivity contribution < 1.29 is 4.79 Å². The summed E-state index contributed by atoms with van der Waals surface area (Å²) >= 11 is 14.0. The average Bonchev–Trinajstić information content (AvgIpc) is 3.41. The Hall–Kier alpha value is -2.48. The molecular formula is C21H17Cl2N5OS. The van der Waals surface area contributed by atoms with Gasteiger partial charge in [0, 0.05) is 24.0 Å². The van der Waals surface area contributed by atoms with E-state index in [0.717, 1.165) is 28.1 Å². The number of likely N-dealkylation sites (tertiary alicyclic amines) is 1. The molecule has 0 radical (unpaired) electrons. The highest BCUT2D eigenvalue weighted by atomic mass is 35.5. The maximum absolute atomic E-state index is 12.9. The smallest absolute Gasteiger partial charge is 0.276 e. The summed E-state index contributed by atoms with van der Waals surface area (Å²) in [4.78, 5) is 19.5. The van der Waals surface area contributed by atoms with Crippen LogP contribution in [0.2, 0.25) is 10.0 Å². The number of hydrogen-bond acceptors (Lipinski definition) is 5. The summed E-state index contributed by atoms with van der Waals surface area (Å²) < 4.78 is 2.68. The Labute approximate surface area is 187 Å². The van der Waals surface area contributed by atoms with Gasteiger partial charge in [-0.15, -0.1) is 16.4 Å². The third-order valence-electron chi connectivity index (χ3n) is 5.31. The molecule has 1 aliphatic rings. The fourth-order valence-electron chi connectivity index (χ4n) is 3.70. The molecule has 2 aromatic carbocycles. The van der Waals surface area contributed by atoms with Crippen molar-refractivity contribution in [2.45, 2.75) is 18.8 Å². The van der Waals surface area contributed by atoms with Crippen LogP contribution in [0, 0.1) is 0 Å². The molecule has 0 aliphatic carbocycles. The number of amides is 1. The molecular weight excluding hydrogens is 441 g/mol. The predicted molar refractivity (Wildman–Crippen MR) is 119 cm³/mol. The first-order valence-corrected chi connectivity index (χ1v) is 11.2. The van der Waals surface area contributed by atoms with Gasteiger partial charge in [0.1, 0.15) is 0 Å². The van der Waals surface area contributed by atoms with Crippen LogP contribution in [0.3, 0.4) is 0 Å². The Bertz CT molecular complexity index is 1230. The zero-order valence-corrected chi connectivity index (χ0v) is 18.2. The van der Waals surface area contributed by atoms with E-state index in [1.165, 1.54) is 4.68 Å². The molecule has 0 spiro atoms. The van der Waals surface area contributed by atoms with E-state index in [2.05, 4.69) is 10.3 Å². The van der Waals surface area contributed by atoms with Crippen molar-refractivity contribution in [1.29, 1.82) is 0 Å². The Morgan fingerprint density at radius 1 is 1.10 bits per heavy atom. The minimum atomic E-state index is -0.108. The lowest BCUT2D eigenvalue weighted by Crippen LogP contribution is -2.38. The number of hydrogen-bond donors (Lipinski definition) is 0. The number of fused-ring (bicyclic) bond motifs is 1. The molecule has 0 bridgehead atoms. The van der Waals surface area contributed by atoms with E-state index >= 15 is 0 Å². The second-order valence-electron chi connectivity index (χ2n) is 7.23. The summed E-state index contributed by atoms with van der Waals surface area (Å²) in [7, 11) is 0. The molecule has 0 unspecified atom stereocenters. The Morgan fingerprint density at radius 2 is 1.90 bits per heavy atom. The van der Waals surface area contributed by atoms with Gasteiger partial charge in [-0.05, 0) is 43.2 Å². The number of benzene rings is 2. The van der Waals surface area contributed by atoms with Gasteiger partial charge in [-0.1, -0.05) is 40.5 Å². The van der Waals surface area contributed by atoms with Gasteiger partial charge in [-0.25, -0.2) is 9.67 Å². The molecule has 0 N–H and O–H groups in total. The first-order chi connectivity index (χ1) is 14.6.